The summed E-state index contributed by atoms with van der Waals surface area (Å²) < 4.78 is 5.33. The van der Waals surface area contributed by atoms with Crippen LogP contribution in [0.3, 0.4) is 0 Å². The van der Waals surface area contributed by atoms with Crippen molar-refractivity contribution in [1.82, 2.24) is 5.43 Å². The molecule has 0 spiro atoms. The topological polar surface area (TPSA) is 50.7 Å². The number of hydrogen-bond acceptors (Lipinski definition) is 3. The van der Waals surface area contributed by atoms with Gasteiger partial charge in [0.25, 0.3) is 5.91 Å². The zero-order chi connectivity index (χ0) is 13.9. The van der Waals surface area contributed by atoms with Crippen molar-refractivity contribution in [3.8, 4) is 0 Å². The fraction of sp³-hybridized carbons (Fsp3) is 0.500. The minimum atomic E-state index is -0.310. The van der Waals surface area contributed by atoms with E-state index in [2.05, 4.69) is 34.8 Å². The van der Waals surface area contributed by atoms with Crippen LogP contribution in [0, 0.1) is 5.92 Å². The van der Waals surface area contributed by atoms with Gasteiger partial charge in [-0.25, -0.2) is 5.43 Å². The minimum absolute atomic E-state index is 0.112. The highest BCUT2D eigenvalue weighted by atomic mass is 16.5. The second kappa shape index (κ2) is 5.75. The molecule has 3 unspecified atom stereocenters. The normalized spacial score (nSPS) is 29.2. The first-order valence-electron chi connectivity index (χ1n) is 7.26. The van der Waals surface area contributed by atoms with E-state index in [1.807, 2.05) is 13.0 Å². The van der Waals surface area contributed by atoms with E-state index < -0.39 is 0 Å². The molecule has 1 aliphatic carbocycles. The van der Waals surface area contributed by atoms with E-state index in [4.69, 9.17) is 4.74 Å². The van der Waals surface area contributed by atoms with Gasteiger partial charge >= 0.3 is 0 Å². The molecule has 2 aliphatic rings. The van der Waals surface area contributed by atoms with E-state index in [1.54, 1.807) is 0 Å². The quantitative estimate of drug-likeness (QED) is 0.676. The number of nitrogens with one attached hydrogen (secondary N) is 1. The Kier molecular flexibility index (Phi) is 3.83. The first-order valence-corrected chi connectivity index (χ1v) is 7.26. The Labute approximate surface area is 119 Å². The fourth-order valence-corrected chi connectivity index (χ4v) is 2.81. The molecular formula is C16H20N2O2. The van der Waals surface area contributed by atoms with E-state index in [-0.39, 0.29) is 12.0 Å². The molecule has 20 heavy (non-hydrogen) atoms. The molecule has 2 fully saturated rings. The van der Waals surface area contributed by atoms with Crippen molar-refractivity contribution in [2.45, 2.75) is 38.2 Å². The van der Waals surface area contributed by atoms with Crippen molar-refractivity contribution in [2.24, 2.45) is 11.0 Å². The van der Waals surface area contributed by atoms with Gasteiger partial charge in [0.05, 0.1) is 0 Å². The molecule has 1 aromatic carbocycles. The molecule has 1 aromatic rings. The molecule has 1 saturated carbocycles. The minimum Gasteiger partial charge on any atom is -0.368 e. The first kappa shape index (κ1) is 13.3. The lowest BCUT2D eigenvalue weighted by atomic mass is 10.1. The second-order valence-corrected chi connectivity index (χ2v) is 5.59. The average molecular weight is 272 g/mol. The number of hydrogen-bond donors (Lipinski definition) is 1. The van der Waals surface area contributed by atoms with Crippen LogP contribution >= 0.6 is 0 Å². The summed E-state index contributed by atoms with van der Waals surface area (Å²) in [5, 5.41) is 4.24. The van der Waals surface area contributed by atoms with Gasteiger partial charge in [0.15, 0.2) is 0 Å². The summed E-state index contributed by atoms with van der Waals surface area (Å²) in [4.78, 5) is 11.8. The van der Waals surface area contributed by atoms with Gasteiger partial charge in [-0.2, -0.15) is 5.10 Å². The summed E-state index contributed by atoms with van der Waals surface area (Å²) >= 11 is 0. The molecule has 4 nitrogen and oxygen atoms in total. The number of nitrogens with zero attached hydrogens (tertiary/aromatic N) is 1. The number of amides is 1. The second-order valence-electron chi connectivity index (χ2n) is 5.59. The molecule has 0 radical (unpaired) electrons. The maximum absolute atomic E-state index is 11.8. The molecule has 3 atom stereocenters. The summed E-state index contributed by atoms with van der Waals surface area (Å²) in [5.41, 5.74) is 5.01. The van der Waals surface area contributed by atoms with Crippen molar-refractivity contribution in [3.63, 3.8) is 0 Å². The average Bonchev–Trinajstić information content (AvgIpc) is 3.10. The van der Waals surface area contributed by atoms with Gasteiger partial charge in [0.2, 0.25) is 0 Å². The maximum atomic E-state index is 11.8. The van der Waals surface area contributed by atoms with Crippen molar-refractivity contribution >= 4 is 11.6 Å². The number of carbonyl (C=O) groups excluding carboxylic acids is 1. The number of benzene rings is 1. The van der Waals surface area contributed by atoms with Gasteiger partial charge in [-0.1, -0.05) is 30.3 Å². The van der Waals surface area contributed by atoms with E-state index in [1.165, 1.54) is 5.56 Å². The van der Waals surface area contributed by atoms with Crippen LogP contribution in [0.2, 0.25) is 0 Å². The van der Waals surface area contributed by atoms with Crippen LogP contribution in [0.25, 0.3) is 0 Å². The summed E-state index contributed by atoms with van der Waals surface area (Å²) in [7, 11) is 0. The van der Waals surface area contributed by atoms with Crippen molar-refractivity contribution in [1.29, 1.82) is 0 Å². The monoisotopic (exact) mass is 272 g/mol. The Morgan fingerprint density at radius 3 is 2.85 bits per heavy atom. The zero-order valence-electron chi connectivity index (χ0n) is 11.7. The third kappa shape index (κ3) is 2.90. The number of rotatable bonds is 4. The zero-order valence-corrected chi connectivity index (χ0v) is 11.7. The molecule has 1 N–H and O–H groups in total. The number of carbonyl (C=O) groups is 1. The molecular weight excluding hydrogens is 252 g/mol. The molecule has 4 heteroatoms. The number of ether oxygens (including phenoxy) is 1. The summed E-state index contributed by atoms with van der Waals surface area (Å²) in [6, 6.07) is 10.5. The van der Waals surface area contributed by atoms with Crippen LogP contribution in [0.5, 0.6) is 0 Å². The van der Waals surface area contributed by atoms with Crippen LogP contribution in [0.4, 0.5) is 0 Å². The molecule has 1 saturated heterocycles. The number of hydrazone groups is 1. The van der Waals surface area contributed by atoms with Crippen molar-refractivity contribution in [2.75, 3.05) is 6.61 Å². The van der Waals surface area contributed by atoms with Gasteiger partial charge in [0.1, 0.15) is 6.10 Å². The Hall–Kier alpha value is -1.68. The van der Waals surface area contributed by atoms with Gasteiger partial charge in [-0.3, -0.25) is 4.79 Å². The molecule has 1 aliphatic heterocycles. The van der Waals surface area contributed by atoms with Gasteiger partial charge in [-0.05, 0) is 37.7 Å². The predicted molar refractivity (Wildman–Crippen MR) is 77.5 cm³/mol. The van der Waals surface area contributed by atoms with Crippen molar-refractivity contribution < 1.29 is 9.53 Å². The molecule has 1 heterocycles. The smallest absolute Gasteiger partial charge is 0.269 e. The highest BCUT2D eigenvalue weighted by Crippen LogP contribution is 2.48. The summed E-state index contributed by atoms with van der Waals surface area (Å²) in [6.07, 6.45) is 2.57. The van der Waals surface area contributed by atoms with Crippen LogP contribution in [-0.2, 0) is 9.53 Å². The fourth-order valence-electron chi connectivity index (χ4n) is 2.81. The van der Waals surface area contributed by atoms with Gasteiger partial charge < -0.3 is 4.74 Å². The van der Waals surface area contributed by atoms with Crippen molar-refractivity contribution in [3.05, 3.63) is 35.9 Å². The standard InChI is InChI=1S/C16H20N2O2/c1-11(17-18-16(19)15-8-5-9-20-15)13-10-14(13)12-6-3-2-4-7-12/h2-4,6-7,13-15H,5,8-10H2,1H3,(H,18,19)/b17-11+. The van der Waals surface area contributed by atoms with Crippen LogP contribution < -0.4 is 5.43 Å². The molecule has 0 bridgehead atoms. The molecule has 3 rings (SSSR count). The highest BCUT2D eigenvalue weighted by Gasteiger charge is 2.40. The lowest BCUT2D eigenvalue weighted by Gasteiger charge is -2.07. The van der Waals surface area contributed by atoms with Gasteiger partial charge in [0, 0.05) is 18.2 Å². The Balaban J connectivity index is 1.53. The van der Waals surface area contributed by atoms with E-state index >= 15 is 0 Å². The lowest BCUT2D eigenvalue weighted by molar-refractivity contribution is -0.130. The Bertz CT molecular complexity index is 506. The Morgan fingerprint density at radius 2 is 2.15 bits per heavy atom. The largest absolute Gasteiger partial charge is 0.368 e. The predicted octanol–water partition coefficient (Wildman–Crippen LogP) is 2.46. The molecule has 0 aromatic heterocycles. The maximum Gasteiger partial charge on any atom is 0.269 e. The molecule has 1 amide bonds. The van der Waals surface area contributed by atoms with Crippen LogP contribution in [0.1, 0.15) is 37.7 Å². The Morgan fingerprint density at radius 1 is 1.35 bits per heavy atom. The van der Waals surface area contributed by atoms with E-state index in [0.29, 0.717) is 18.4 Å². The van der Waals surface area contributed by atoms with Gasteiger partial charge in [-0.15, -0.1) is 0 Å². The van der Waals surface area contributed by atoms with Crippen LogP contribution in [0.15, 0.2) is 35.4 Å². The summed E-state index contributed by atoms with van der Waals surface area (Å²) in [5.74, 6) is 0.903. The van der Waals surface area contributed by atoms with E-state index in [9.17, 15) is 4.79 Å². The third-order valence-electron chi connectivity index (χ3n) is 4.12. The highest BCUT2D eigenvalue weighted by molar-refractivity contribution is 5.90. The lowest BCUT2D eigenvalue weighted by Crippen LogP contribution is -2.31. The SMILES string of the molecule is C/C(=N\NC(=O)C1CCCO1)C1CC1c1ccccc1. The molecule has 106 valence electrons. The first-order chi connectivity index (χ1) is 9.75. The summed E-state index contributed by atoms with van der Waals surface area (Å²) in [6.45, 7) is 2.67. The van der Waals surface area contributed by atoms with E-state index in [0.717, 1.165) is 25.0 Å². The van der Waals surface area contributed by atoms with Crippen LogP contribution in [-0.4, -0.2) is 24.3 Å². The third-order valence-corrected chi connectivity index (χ3v) is 4.12.